The Morgan fingerprint density at radius 2 is 1.75 bits per heavy atom. The molecule has 4 aromatic rings. The van der Waals surface area contributed by atoms with E-state index in [1.165, 1.54) is 18.3 Å². The monoisotopic (exact) mass is 715 g/mol. The first kappa shape index (κ1) is 37.4. The van der Waals surface area contributed by atoms with Crippen LogP contribution in [0.25, 0.3) is 16.9 Å². The highest BCUT2D eigenvalue weighted by molar-refractivity contribution is 7.86. The predicted molar refractivity (Wildman–Crippen MR) is 193 cm³/mol. The summed E-state index contributed by atoms with van der Waals surface area (Å²) in [4.78, 5) is 35.4. The van der Waals surface area contributed by atoms with Gasteiger partial charge in [0.15, 0.2) is 0 Å². The molecule has 0 saturated heterocycles. The molecule has 1 fully saturated rings. The molecule has 0 unspecified atom stereocenters. The van der Waals surface area contributed by atoms with Gasteiger partial charge in [0.25, 0.3) is 16.0 Å². The number of aryl methyl sites for hydroxylation is 1. The summed E-state index contributed by atoms with van der Waals surface area (Å²) in [5, 5.41) is 19.5. The average Bonchev–Trinajstić information content (AvgIpc) is 3.54. The Kier molecular flexibility index (Phi) is 12.8. The fraction of sp³-hybridized carbons (Fsp3) is 0.432. The number of fused-ring (bicyclic) bond motifs is 1. The summed E-state index contributed by atoms with van der Waals surface area (Å²) < 4.78 is 36.9. The van der Waals surface area contributed by atoms with E-state index in [0.717, 1.165) is 10.9 Å². The minimum absolute atomic E-state index is 0.00794. The summed E-state index contributed by atoms with van der Waals surface area (Å²) in [7, 11) is -3.78. The maximum atomic E-state index is 13.4. The van der Waals surface area contributed by atoms with Crippen molar-refractivity contribution in [1.29, 1.82) is 5.26 Å². The third kappa shape index (κ3) is 10.1. The van der Waals surface area contributed by atoms with E-state index < -0.39 is 10.1 Å². The number of hydrogen-bond donors (Lipinski definition) is 3. The van der Waals surface area contributed by atoms with Crippen molar-refractivity contribution in [2.75, 3.05) is 31.7 Å². The van der Waals surface area contributed by atoms with Crippen LogP contribution < -0.4 is 16.0 Å². The number of carbonyl (C=O) groups is 2. The van der Waals surface area contributed by atoms with Gasteiger partial charge in [-0.25, -0.2) is 9.97 Å². The number of ether oxygens (including phenoxy) is 1. The number of amides is 2. The second-order valence-electron chi connectivity index (χ2n) is 13.0. The summed E-state index contributed by atoms with van der Waals surface area (Å²) in [5.74, 6) is 0.268. The Labute approximate surface area is 298 Å². The highest BCUT2D eigenvalue weighted by Crippen LogP contribution is 2.27. The van der Waals surface area contributed by atoms with Crippen LogP contribution >= 0.6 is 0 Å². The third-order valence-corrected chi connectivity index (χ3v) is 9.99. The minimum atomic E-state index is -3.78. The zero-order valence-corrected chi connectivity index (χ0v) is 30.0. The zero-order chi connectivity index (χ0) is 36.4. The van der Waals surface area contributed by atoms with E-state index >= 15 is 0 Å². The second kappa shape index (κ2) is 17.4. The summed E-state index contributed by atoms with van der Waals surface area (Å²) in [6.45, 7) is 7.20. The van der Waals surface area contributed by atoms with Crippen LogP contribution in [0.3, 0.4) is 0 Å². The number of nitriles is 1. The lowest BCUT2D eigenvalue weighted by molar-refractivity contribution is -0.126. The van der Waals surface area contributed by atoms with Crippen molar-refractivity contribution in [3.63, 3.8) is 0 Å². The molecule has 3 aromatic heterocycles. The van der Waals surface area contributed by atoms with E-state index in [-0.39, 0.29) is 41.3 Å². The first-order valence-corrected chi connectivity index (χ1v) is 18.7. The molecule has 270 valence electrons. The predicted octanol–water partition coefficient (Wildman–Crippen LogP) is 5.03. The average molecular weight is 716 g/mol. The SMILES string of the molecule is Cc1ccc(S(=O)(=O)OCCCOCCCNC(=O)C2CCC(NC(=O)c3cnc(-n4ccc5cc(C#N)cnc54)cc3NC(C)C)CC2)cc1. The number of aromatic nitrogens is 3. The van der Waals surface area contributed by atoms with Crippen molar-refractivity contribution in [3.05, 3.63) is 77.7 Å². The van der Waals surface area contributed by atoms with E-state index in [1.54, 1.807) is 24.4 Å². The number of carbonyl (C=O) groups excluding carboxylic acids is 2. The largest absolute Gasteiger partial charge is 0.382 e. The molecule has 2 amide bonds. The van der Waals surface area contributed by atoms with Gasteiger partial charge < -0.3 is 20.7 Å². The quantitative estimate of drug-likeness (QED) is 0.105. The van der Waals surface area contributed by atoms with Gasteiger partial charge in [0.1, 0.15) is 17.5 Å². The van der Waals surface area contributed by atoms with Crippen LogP contribution in [0.15, 0.2) is 66.0 Å². The highest BCUT2D eigenvalue weighted by Gasteiger charge is 2.28. The molecule has 1 saturated carbocycles. The molecule has 14 heteroatoms. The fourth-order valence-corrected chi connectivity index (χ4v) is 6.90. The molecule has 3 N–H and O–H groups in total. The normalized spacial score (nSPS) is 16.1. The van der Waals surface area contributed by atoms with Crippen LogP contribution in [0.5, 0.6) is 0 Å². The summed E-state index contributed by atoms with van der Waals surface area (Å²) in [6.07, 6.45) is 8.74. The fourth-order valence-electron chi connectivity index (χ4n) is 5.96. The van der Waals surface area contributed by atoms with Crippen molar-refractivity contribution in [2.45, 2.75) is 76.3 Å². The maximum Gasteiger partial charge on any atom is 0.296 e. The molecule has 0 bridgehead atoms. The van der Waals surface area contributed by atoms with Crippen molar-refractivity contribution >= 4 is 38.7 Å². The molecule has 0 atom stereocenters. The lowest BCUT2D eigenvalue weighted by Crippen LogP contribution is -2.41. The Morgan fingerprint density at radius 1 is 1.00 bits per heavy atom. The molecule has 1 aliphatic carbocycles. The number of hydrogen-bond acceptors (Lipinski definition) is 10. The highest BCUT2D eigenvalue weighted by atomic mass is 32.2. The van der Waals surface area contributed by atoms with Gasteiger partial charge in [-0.3, -0.25) is 18.3 Å². The topological polar surface area (TPSA) is 177 Å². The van der Waals surface area contributed by atoms with Gasteiger partial charge in [-0.05, 0) is 83.6 Å². The van der Waals surface area contributed by atoms with Crippen LogP contribution in [0.2, 0.25) is 0 Å². The number of anilines is 1. The van der Waals surface area contributed by atoms with Gasteiger partial charge in [0, 0.05) is 67.8 Å². The molecule has 13 nitrogen and oxygen atoms in total. The zero-order valence-electron chi connectivity index (χ0n) is 29.2. The molecular weight excluding hydrogens is 671 g/mol. The second-order valence-corrected chi connectivity index (χ2v) is 14.7. The first-order valence-electron chi connectivity index (χ1n) is 17.3. The van der Waals surface area contributed by atoms with E-state index in [0.29, 0.717) is 86.6 Å². The summed E-state index contributed by atoms with van der Waals surface area (Å²) in [5.41, 5.74) is 3.20. The lowest BCUT2D eigenvalue weighted by Gasteiger charge is -2.28. The standard InChI is InChI=1S/C37H45N7O6S/c1-25(2)42-33-21-34(44-16-14-29-20-27(22-38)23-41-35(29)44)40-24-32(33)37(46)43-30-10-8-28(9-11-30)36(45)39-15-4-17-49-18-5-19-50-51(47,48)31-12-6-26(3)7-13-31/h6-7,12-14,16,20-21,23-25,28,30H,4-5,8-11,15,17-19H2,1-3H3,(H,39,45)(H,40,42)(H,43,46). The molecule has 5 rings (SSSR count). The van der Waals surface area contributed by atoms with E-state index in [9.17, 15) is 23.3 Å². The third-order valence-electron chi connectivity index (χ3n) is 8.66. The molecule has 0 radical (unpaired) electrons. The number of rotatable bonds is 16. The van der Waals surface area contributed by atoms with E-state index in [4.69, 9.17) is 8.92 Å². The van der Waals surface area contributed by atoms with Crippen LogP contribution in [0.1, 0.15) is 73.9 Å². The van der Waals surface area contributed by atoms with Crippen LogP contribution in [0.4, 0.5) is 5.69 Å². The lowest BCUT2D eigenvalue weighted by atomic mass is 9.85. The van der Waals surface area contributed by atoms with Gasteiger partial charge >= 0.3 is 0 Å². The maximum absolute atomic E-state index is 13.4. The van der Waals surface area contributed by atoms with Gasteiger partial charge in [-0.1, -0.05) is 17.7 Å². The van der Waals surface area contributed by atoms with Crippen molar-refractivity contribution in [3.8, 4) is 11.9 Å². The van der Waals surface area contributed by atoms with Crippen LogP contribution in [0, 0.1) is 24.2 Å². The van der Waals surface area contributed by atoms with Crippen LogP contribution in [-0.2, 0) is 23.8 Å². The molecule has 0 aliphatic heterocycles. The van der Waals surface area contributed by atoms with Crippen molar-refractivity contribution in [2.24, 2.45) is 5.92 Å². The summed E-state index contributed by atoms with van der Waals surface area (Å²) in [6, 6.07) is 14.1. The smallest absolute Gasteiger partial charge is 0.296 e. The van der Waals surface area contributed by atoms with Crippen molar-refractivity contribution < 1.29 is 26.9 Å². The molecular formula is C37H45N7O6S. The van der Waals surface area contributed by atoms with Crippen molar-refractivity contribution in [1.82, 2.24) is 25.2 Å². The first-order chi connectivity index (χ1) is 24.5. The Morgan fingerprint density at radius 3 is 2.47 bits per heavy atom. The molecule has 51 heavy (non-hydrogen) atoms. The van der Waals surface area contributed by atoms with E-state index in [2.05, 4.69) is 32.0 Å². The van der Waals surface area contributed by atoms with Crippen LogP contribution in [-0.4, -0.2) is 73.2 Å². The van der Waals surface area contributed by atoms with Gasteiger partial charge in [0.2, 0.25) is 5.91 Å². The van der Waals surface area contributed by atoms with Gasteiger partial charge in [-0.15, -0.1) is 0 Å². The van der Waals surface area contributed by atoms with E-state index in [1.807, 2.05) is 43.7 Å². The number of nitrogens with one attached hydrogen (secondary N) is 3. The molecule has 1 aromatic carbocycles. The Bertz CT molecular complexity index is 1960. The molecule has 0 spiro atoms. The molecule has 3 heterocycles. The number of pyridine rings is 2. The molecule has 1 aliphatic rings. The van der Waals surface area contributed by atoms with Gasteiger partial charge in [0.05, 0.1) is 28.3 Å². The summed E-state index contributed by atoms with van der Waals surface area (Å²) >= 11 is 0. The Hall–Kier alpha value is -4.84. The minimum Gasteiger partial charge on any atom is -0.382 e. The Balaban J connectivity index is 1.01. The number of benzene rings is 1. The van der Waals surface area contributed by atoms with Gasteiger partial charge in [-0.2, -0.15) is 13.7 Å². The number of nitrogens with zero attached hydrogens (tertiary/aromatic N) is 4.